The maximum Gasteiger partial charge on any atom is 0.136 e. The van der Waals surface area contributed by atoms with Crippen molar-refractivity contribution in [1.82, 2.24) is 0 Å². The standard InChI is InChI=1S/C19H19BrN2O2/c1-23-18-11-17(24-12-14-6-3-2-4-7-14)15(10-16(18)20)19(21)8-5-9-22-13-19/h2-11H,12-13,21H2,1H3. The van der Waals surface area contributed by atoms with Crippen molar-refractivity contribution in [2.45, 2.75) is 12.1 Å². The number of nitrogens with zero attached hydrogens (tertiary/aromatic N) is 1. The molecule has 3 rings (SSSR count). The van der Waals surface area contributed by atoms with E-state index in [-0.39, 0.29) is 0 Å². The third kappa shape index (κ3) is 3.52. The summed E-state index contributed by atoms with van der Waals surface area (Å²) in [4.78, 5) is 4.30. The second-order valence-corrected chi connectivity index (χ2v) is 6.50. The normalized spacial score (nSPS) is 19.3. The first-order chi connectivity index (χ1) is 11.6. The molecular weight excluding hydrogens is 368 g/mol. The Bertz CT molecular complexity index is 774. The van der Waals surface area contributed by atoms with Gasteiger partial charge in [0.25, 0.3) is 0 Å². The first-order valence-corrected chi connectivity index (χ1v) is 8.43. The van der Waals surface area contributed by atoms with Gasteiger partial charge in [0.15, 0.2) is 0 Å². The Morgan fingerprint density at radius 2 is 2.00 bits per heavy atom. The van der Waals surface area contributed by atoms with Gasteiger partial charge in [-0.25, -0.2) is 0 Å². The van der Waals surface area contributed by atoms with Crippen LogP contribution in [-0.4, -0.2) is 19.9 Å². The van der Waals surface area contributed by atoms with E-state index in [4.69, 9.17) is 15.2 Å². The second-order valence-electron chi connectivity index (χ2n) is 5.65. The van der Waals surface area contributed by atoms with Crippen molar-refractivity contribution in [3.8, 4) is 11.5 Å². The summed E-state index contributed by atoms with van der Waals surface area (Å²) in [5.41, 5.74) is 7.84. The first kappa shape index (κ1) is 16.7. The van der Waals surface area contributed by atoms with Gasteiger partial charge in [0.1, 0.15) is 18.1 Å². The molecule has 0 saturated carbocycles. The molecule has 0 aliphatic carbocycles. The summed E-state index contributed by atoms with van der Waals surface area (Å²) in [5.74, 6) is 1.40. The molecule has 2 N–H and O–H groups in total. The lowest BCUT2D eigenvalue weighted by atomic mass is 9.88. The largest absolute Gasteiger partial charge is 0.495 e. The van der Waals surface area contributed by atoms with Gasteiger partial charge in [-0.2, -0.15) is 0 Å². The number of nitrogens with two attached hydrogens (primary N) is 1. The van der Waals surface area contributed by atoms with E-state index in [0.717, 1.165) is 15.6 Å². The molecule has 2 aromatic carbocycles. The molecule has 124 valence electrons. The Morgan fingerprint density at radius 3 is 2.67 bits per heavy atom. The minimum atomic E-state index is -0.699. The molecule has 0 aromatic heterocycles. The number of benzene rings is 2. The van der Waals surface area contributed by atoms with E-state index in [2.05, 4.69) is 20.9 Å². The number of aliphatic imine (C=N–C) groups is 1. The van der Waals surface area contributed by atoms with Gasteiger partial charge in [-0.1, -0.05) is 36.4 Å². The lowest BCUT2D eigenvalue weighted by Crippen LogP contribution is -2.39. The molecule has 0 saturated heterocycles. The van der Waals surface area contributed by atoms with Gasteiger partial charge >= 0.3 is 0 Å². The molecule has 4 nitrogen and oxygen atoms in total. The van der Waals surface area contributed by atoms with Gasteiger partial charge in [-0.05, 0) is 33.6 Å². The third-order valence-electron chi connectivity index (χ3n) is 3.93. The summed E-state index contributed by atoms with van der Waals surface area (Å²) in [7, 11) is 1.63. The highest BCUT2D eigenvalue weighted by Crippen LogP contribution is 2.39. The molecular formula is C19H19BrN2O2. The van der Waals surface area contributed by atoms with Crippen LogP contribution in [0.15, 0.2) is 64.1 Å². The van der Waals surface area contributed by atoms with Gasteiger partial charge in [0.05, 0.1) is 23.7 Å². The van der Waals surface area contributed by atoms with Gasteiger partial charge < -0.3 is 15.2 Å². The lowest BCUT2D eigenvalue weighted by Gasteiger charge is -2.29. The van der Waals surface area contributed by atoms with Crippen LogP contribution in [0.25, 0.3) is 0 Å². The Hall–Kier alpha value is -2.11. The van der Waals surface area contributed by atoms with Crippen LogP contribution in [0.3, 0.4) is 0 Å². The van der Waals surface area contributed by atoms with Crippen molar-refractivity contribution in [2.24, 2.45) is 10.7 Å². The minimum absolute atomic E-state index is 0.460. The predicted molar refractivity (Wildman–Crippen MR) is 99.8 cm³/mol. The molecule has 5 heteroatoms. The predicted octanol–water partition coefficient (Wildman–Crippen LogP) is 3.83. The van der Waals surface area contributed by atoms with E-state index in [1.165, 1.54) is 0 Å². The molecule has 0 bridgehead atoms. The topological polar surface area (TPSA) is 56.8 Å². The number of methoxy groups -OCH3 is 1. The number of hydrogen-bond acceptors (Lipinski definition) is 4. The first-order valence-electron chi connectivity index (χ1n) is 7.64. The fraction of sp³-hybridized carbons (Fsp3) is 0.211. The number of ether oxygens (including phenoxy) is 2. The lowest BCUT2D eigenvalue weighted by molar-refractivity contribution is 0.295. The van der Waals surface area contributed by atoms with Crippen molar-refractivity contribution < 1.29 is 9.47 Å². The van der Waals surface area contributed by atoms with E-state index in [9.17, 15) is 0 Å². The molecule has 0 fully saturated rings. The Morgan fingerprint density at radius 1 is 1.21 bits per heavy atom. The van der Waals surface area contributed by atoms with E-state index >= 15 is 0 Å². The van der Waals surface area contributed by atoms with Gasteiger partial charge in [-0.15, -0.1) is 0 Å². The zero-order chi connectivity index (χ0) is 17.0. The van der Waals surface area contributed by atoms with Crippen molar-refractivity contribution in [1.29, 1.82) is 0 Å². The zero-order valence-electron chi connectivity index (χ0n) is 13.4. The summed E-state index contributed by atoms with van der Waals surface area (Å²) < 4.78 is 12.3. The Labute approximate surface area is 150 Å². The van der Waals surface area contributed by atoms with Crippen molar-refractivity contribution in [3.63, 3.8) is 0 Å². The molecule has 1 atom stereocenters. The molecule has 0 radical (unpaired) electrons. The highest BCUT2D eigenvalue weighted by molar-refractivity contribution is 9.10. The van der Waals surface area contributed by atoms with Crippen LogP contribution < -0.4 is 15.2 Å². The number of hydrogen-bond donors (Lipinski definition) is 1. The summed E-state index contributed by atoms with van der Waals surface area (Å²) in [6, 6.07) is 13.8. The monoisotopic (exact) mass is 386 g/mol. The van der Waals surface area contributed by atoms with Crippen molar-refractivity contribution in [2.75, 3.05) is 13.7 Å². The molecule has 2 aromatic rings. The van der Waals surface area contributed by atoms with E-state index < -0.39 is 5.54 Å². The number of dihydropyridines is 1. The smallest absolute Gasteiger partial charge is 0.136 e. The van der Waals surface area contributed by atoms with Crippen LogP contribution in [0.5, 0.6) is 11.5 Å². The molecule has 24 heavy (non-hydrogen) atoms. The summed E-state index contributed by atoms with van der Waals surface area (Å²) in [6.07, 6.45) is 5.57. The molecule has 1 aliphatic heterocycles. The fourth-order valence-corrected chi connectivity index (χ4v) is 3.12. The molecule has 1 heterocycles. The zero-order valence-corrected chi connectivity index (χ0v) is 15.0. The van der Waals surface area contributed by atoms with E-state index in [1.54, 1.807) is 13.3 Å². The van der Waals surface area contributed by atoms with Crippen LogP contribution >= 0.6 is 15.9 Å². The van der Waals surface area contributed by atoms with Crippen LogP contribution in [0.1, 0.15) is 11.1 Å². The summed E-state index contributed by atoms with van der Waals surface area (Å²) >= 11 is 3.53. The highest BCUT2D eigenvalue weighted by atomic mass is 79.9. The summed E-state index contributed by atoms with van der Waals surface area (Å²) in [5, 5.41) is 0. The van der Waals surface area contributed by atoms with Gasteiger partial charge in [0.2, 0.25) is 0 Å². The maximum absolute atomic E-state index is 6.57. The molecule has 0 spiro atoms. The van der Waals surface area contributed by atoms with E-state index in [1.807, 2.05) is 54.6 Å². The number of rotatable bonds is 5. The fourth-order valence-electron chi connectivity index (χ4n) is 2.62. The Balaban J connectivity index is 1.96. The average molecular weight is 387 g/mol. The Kier molecular flexibility index (Phi) is 5.02. The van der Waals surface area contributed by atoms with Gasteiger partial charge in [-0.3, -0.25) is 4.99 Å². The number of halogens is 1. The average Bonchev–Trinajstić information content (AvgIpc) is 2.62. The molecule has 1 unspecified atom stereocenters. The van der Waals surface area contributed by atoms with Crippen molar-refractivity contribution >= 4 is 22.1 Å². The summed E-state index contributed by atoms with van der Waals surface area (Å²) in [6.45, 7) is 0.936. The minimum Gasteiger partial charge on any atom is -0.495 e. The quantitative estimate of drug-likeness (QED) is 0.849. The van der Waals surface area contributed by atoms with Crippen LogP contribution in [0.4, 0.5) is 0 Å². The SMILES string of the molecule is COc1cc(OCc2ccccc2)c(C2(N)C=CC=NC2)cc1Br. The number of allylic oxidation sites excluding steroid dienone is 1. The van der Waals surface area contributed by atoms with Crippen LogP contribution in [0.2, 0.25) is 0 Å². The van der Waals surface area contributed by atoms with Gasteiger partial charge in [0, 0.05) is 17.8 Å². The molecule has 0 amide bonds. The highest BCUT2D eigenvalue weighted by Gasteiger charge is 2.30. The second kappa shape index (κ2) is 7.20. The van der Waals surface area contributed by atoms with E-state index in [0.29, 0.717) is 24.7 Å². The molecule has 1 aliphatic rings. The van der Waals surface area contributed by atoms with Crippen LogP contribution in [0, 0.1) is 0 Å². The van der Waals surface area contributed by atoms with Crippen molar-refractivity contribution in [3.05, 3.63) is 70.2 Å². The maximum atomic E-state index is 6.57. The third-order valence-corrected chi connectivity index (χ3v) is 4.55. The van der Waals surface area contributed by atoms with Crippen LogP contribution in [-0.2, 0) is 12.1 Å².